The highest BCUT2D eigenvalue weighted by atomic mass is 79.9. The fourth-order valence-corrected chi connectivity index (χ4v) is 2.82. The molecule has 21 heavy (non-hydrogen) atoms. The molecule has 0 aliphatic rings. The van der Waals surface area contributed by atoms with E-state index in [9.17, 15) is 9.90 Å². The van der Waals surface area contributed by atoms with Crippen molar-refractivity contribution in [3.05, 3.63) is 56.7 Å². The maximum absolute atomic E-state index is 11.9. The first-order chi connectivity index (χ1) is 9.99. The lowest BCUT2D eigenvalue weighted by molar-refractivity contribution is 0.0954. The van der Waals surface area contributed by atoms with Gasteiger partial charge >= 0.3 is 0 Å². The molecule has 0 bridgehead atoms. The number of nitrogens with one attached hydrogen (secondary N) is 1. The first kappa shape index (κ1) is 15.7. The van der Waals surface area contributed by atoms with E-state index >= 15 is 0 Å². The number of carbonyl (C=O) groups is 1. The number of phenols is 1. The van der Waals surface area contributed by atoms with Gasteiger partial charge in [-0.15, -0.1) is 0 Å². The molecule has 0 spiro atoms. The van der Waals surface area contributed by atoms with E-state index in [0.717, 1.165) is 4.47 Å². The van der Waals surface area contributed by atoms with Crippen molar-refractivity contribution in [3.63, 3.8) is 0 Å². The molecule has 5 nitrogen and oxygen atoms in total. The number of rotatable bonds is 3. The van der Waals surface area contributed by atoms with Crippen molar-refractivity contribution in [2.75, 3.05) is 0 Å². The Bertz CT molecular complexity index is 703. The number of carbonyl (C=O) groups excluding carboxylic acids is 1. The van der Waals surface area contributed by atoms with E-state index in [1.54, 1.807) is 37.4 Å². The Hall–Kier alpha value is -1.73. The molecule has 0 fully saturated rings. The van der Waals surface area contributed by atoms with Crippen LogP contribution in [0.2, 0.25) is 0 Å². The summed E-state index contributed by atoms with van der Waals surface area (Å²) >= 11 is 6.59. The maximum atomic E-state index is 11.9. The topological polar surface area (TPSA) is 74.6 Å². The minimum atomic E-state index is -0.365. The number of aromatic hydroxyl groups is 1. The molecule has 1 aromatic heterocycles. The minimum absolute atomic E-state index is 0.0649. The Morgan fingerprint density at radius 2 is 2.14 bits per heavy atom. The third kappa shape index (κ3) is 3.89. The third-order valence-electron chi connectivity index (χ3n) is 2.67. The lowest BCUT2D eigenvalue weighted by Gasteiger charge is -2.07. The molecule has 1 amide bonds. The van der Waals surface area contributed by atoms with Crippen molar-refractivity contribution in [1.29, 1.82) is 0 Å². The summed E-state index contributed by atoms with van der Waals surface area (Å²) in [6.45, 7) is 1.69. The van der Waals surface area contributed by atoms with Gasteiger partial charge in [0.1, 0.15) is 5.75 Å². The van der Waals surface area contributed by atoms with Crippen LogP contribution in [-0.2, 0) is 0 Å². The molecule has 0 unspecified atom stereocenters. The van der Waals surface area contributed by atoms with Crippen molar-refractivity contribution in [1.82, 2.24) is 10.4 Å². The molecule has 0 saturated carbocycles. The van der Waals surface area contributed by atoms with Crippen molar-refractivity contribution >= 4 is 43.5 Å². The Morgan fingerprint density at radius 1 is 1.38 bits per heavy atom. The highest BCUT2D eigenvalue weighted by Crippen LogP contribution is 2.31. The van der Waals surface area contributed by atoms with Gasteiger partial charge in [0.2, 0.25) is 0 Å². The Labute approximate surface area is 138 Å². The van der Waals surface area contributed by atoms with Gasteiger partial charge in [-0.25, -0.2) is 5.43 Å². The number of aromatic nitrogens is 1. The van der Waals surface area contributed by atoms with E-state index in [2.05, 4.69) is 47.4 Å². The second kappa shape index (κ2) is 6.82. The standard InChI is InChI=1S/C14H11Br2N3O2/c1-8(11-5-10(15)6-12(16)13(11)20)18-19-14(21)9-3-2-4-17-7-9/h2-7,20H,1H3,(H,19,21)/b18-8+. The van der Waals surface area contributed by atoms with Crippen molar-refractivity contribution in [2.45, 2.75) is 6.92 Å². The first-order valence-electron chi connectivity index (χ1n) is 5.92. The highest BCUT2D eigenvalue weighted by molar-refractivity contribution is 9.11. The Kier molecular flexibility index (Phi) is 5.08. The van der Waals surface area contributed by atoms with Crippen LogP contribution in [0.1, 0.15) is 22.8 Å². The van der Waals surface area contributed by atoms with Gasteiger partial charge in [0.15, 0.2) is 0 Å². The Morgan fingerprint density at radius 3 is 2.81 bits per heavy atom. The highest BCUT2D eigenvalue weighted by Gasteiger charge is 2.11. The van der Waals surface area contributed by atoms with Gasteiger partial charge in [0, 0.05) is 22.4 Å². The van der Waals surface area contributed by atoms with Crippen LogP contribution in [0, 0.1) is 0 Å². The van der Waals surface area contributed by atoms with Crippen molar-refractivity contribution < 1.29 is 9.90 Å². The predicted molar refractivity (Wildman–Crippen MR) is 87.4 cm³/mol. The molecule has 0 radical (unpaired) electrons. The summed E-state index contributed by atoms with van der Waals surface area (Å²) in [6, 6.07) is 6.75. The van der Waals surface area contributed by atoms with Crippen molar-refractivity contribution in [2.24, 2.45) is 5.10 Å². The quantitative estimate of drug-likeness (QED) is 0.598. The molecule has 2 rings (SSSR count). The van der Waals surface area contributed by atoms with E-state index in [1.807, 2.05) is 0 Å². The molecule has 1 heterocycles. The van der Waals surface area contributed by atoms with Gasteiger partial charge in [-0.3, -0.25) is 9.78 Å². The van der Waals surface area contributed by atoms with Crippen LogP contribution < -0.4 is 5.43 Å². The predicted octanol–water partition coefficient (Wildman–Crippen LogP) is 3.47. The third-order valence-corrected chi connectivity index (χ3v) is 3.73. The summed E-state index contributed by atoms with van der Waals surface area (Å²) in [6.07, 6.45) is 3.04. The number of pyridine rings is 1. The zero-order valence-electron chi connectivity index (χ0n) is 11.0. The van der Waals surface area contributed by atoms with E-state index in [4.69, 9.17) is 0 Å². The molecular weight excluding hydrogens is 402 g/mol. The van der Waals surface area contributed by atoms with Gasteiger partial charge in [0.25, 0.3) is 5.91 Å². The van der Waals surface area contributed by atoms with Gasteiger partial charge in [-0.2, -0.15) is 5.10 Å². The van der Waals surface area contributed by atoms with E-state index < -0.39 is 0 Å². The van der Waals surface area contributed by atoms with Crippen LogP contribution in [0.15, 0.2) is 50.7 Å². The second-order valence-corrected chi connectivity index (χ2v) is 5.93. The van der Waals surface area contributed by atoms with Crippen LogP contribution in [0.25, 0.3) is 0 Å². The molecule has 0 atom stereocenters. The number of nitrogens with zero attached hydrogens (tertiary/aromatic N) is 2. The van der Waals surface area contributed by atoms with E-state index in [-0.39, 0.29) is 11.7 Å². The lowest BCUT2D eigenvalue weighted by Crippen LogP contribution is -2.19. The second-order valence-electron chi connectivity index (χ2n) is 4.16. The molecule has 0 aliphatic heterocycles. The fraction of sp³-hybridized carbons (Fsp3) is 0.0714. The lowest BCUT2D eigenvalue weighted by atomic mass is 10.1. The molecule has 108 valence electrons. The van der Waals surface area contributed by atoms with E-state index in [1.165, 1.54) is 6.20 Å². The molecule has 1 aromatic carbocycles. The number of hydrazone groups is 1. The first-order valence-corrected chi connectivity index (χ1v) is 7.50. The zero-order valence-corrected chi connectivity index (χ0v) is 14.1. The smallest absolute Gasteiger partial charge is 0.272 e. The largest absolute Gasteiger partial charge is 0.506 e. The summed E-state index contributed by atoms with van der Waals surface area (Å²) < 4.78 is 1.33. The summed E-state index contributed by atoms with van der Waals surface area (Å²) in [5.74, 6) is -0.300. The van der Waals surface area contributed by atoms with Crippen LogP contribution >= 0.6 is 31.9 Å². The SMILES string of the molecule is C/C(=N\NC(=O)c1cccnc1)c1cc(Br)cc(Br)c1O. The summed E-state index contributed by atoms with van der Waals surface area (Å²) in [4.78, 5) is 15.7. The number of hydrogen-bond acceptors (Lipinski definition) is 4. The summed E-state index contributed by atoms with van der Waals surface area (Å²) in [5.41, 5.74) is 3.84. The fourth-order valence-electron chi connectivity index (χ4n) is 1.60. The summed E-state index contributed by atoms with van der Waals surface area (Å²) in [7, 11) is 0. The van der Waals surface area contributed by atoms with Gasteiger partial charge < -0.3 is 5.11 Å². The van der Waals surface area contributed by atoms with Crippen LogP contribution in [0.5, 0.6) is 5.75 Å². The average Bonchev–Trinajstić information content (AvgIpc) is 2.49. The summed E-state index contributed by atoms with van der Waals surface area (Å²) in [5, 5.41) is 14.0. The van der Waals surface area contributed by atoms with Gasteiger partial charge in [-0.1, -0.05) is 15.9 Å². The monoisotopic (exact) mass is 411 g/mol. The van der Waals surface area contributed by atoms with Crippen LogP contribution in [0.4, 0.5) is 0 Å². The maximum Gasteiger partial charge on any atom is 0.272 e. The number of benzene rings is 1. The molecule has 2 aromatic rings. The van der Waals surface area contributed by atoms with E-state index in [0.29, 0.717) is 21.3 Å². The number of hydrogen-bond donors (Lipinski definition) is 2. The number of phenolic OH excluding ortho intramolecular Hbond substituents is 1. The molecular formula is C14H11Br2N3O2. The number of halogens is 2. The normalized spacial score (nSPS) is 11.3. The van der Waals surface area contributed by atoms with Crippen LogP contribution in [-0.4, -0.2) is 21.7 Å². The zero-order chi connectivity index (χ0) is 15.4. The molecule has 0 saturated heterocycles. The minimum Gasteiger partial charge on any atom is -0.506 e. The average molecular weight is 413 g/mol. The number of amides is 1. The van der Waals surface area contributed by atoms with Crippen molar-refractivity contribution in [3.8, 4) is 5.75 Å². The Balaban J connectivity index is 2.21. The van der Waals surface area contributed by atoms with Crippen LogP contribution in [0.3, 0.4) is 0 Å². The molecule has 2 N–H and O–H groups in total. The molecule has 7 heteroatoms. The van der Waals surface area contributed by atoms with Gasteiger partial charge in [-0.05, 0) is 47.1 Å². The molecule has 0 aliphatic carbocycles. The van der Waals surface area contributed by atoms with Gasteiger partial charge in [0.05, 0.1) is 15.7 Å².